The molecule has 8 nitrogen and oxygen atoms in total. The van der Waals surface area contributed by atoms with Crippen LogP contribution in [0.25, 0.3) is 11.1 Å². The number of nitrogens with zero attached hydrogens (tertiary/aromatic N) is 3. The van der Waals surface area contributed by atoms with E-state index in [4.69, 9.17) is 37.4 Å². The summed E-state index contributed by atoms with van der Waals surface area (Å²) in [5, 5.41) is 0.787. The predicted octanol–water partition coefficient (Wildman–Crippen LogP) is 7.39. The number of esters is 1. The number of halogens is 2. The zero-order valence-corrected chi connectivity index (χ0v) is 25.0. The van der Waals surface area contributed by atoms with E-state index in [-0.39, 0.29) is 28.5 Å². The Bertz CT molecular complexity index is 1420. The lowest BCUT2D eigenvalue weighted by atomic mass is 10.0. The number of aryl methyl sites for hydroxylation is 1. The molecule has 0 radical (unpaired) electrons. The lowest BCUT2D eigenvalue weighted by Gasteiger charge is -2.41. The fourth-order valence-corrected chi connectivity index (χ4v) is 5.23. The van der Waals surface area contributed by atoms with Crippen molar-refractivity contribution in [3.63, 3.8) is 0 Å². The molecule has 1 amide bonds. The molecule has 1 aromatic heterocycles. The summed E-state index contributed by atoms with van der Waals surface area (Å²) in [6, 6.07) is 10.7. The van der Waals surface area contributed by atoms with E-state index in [1.165, 1.54) is 7.11 Å². The van der Waals surface area contributed by atoms with Crippen LogP contribution >= 0.6 is 23.2 Å². The third-order valence-corrected chi connectivity index (χ3v) is 7.14. The Morgan fingerprint density at radius 3 is 2.42 bits per heavy atom. The zero-order valence-electron chi connectivity index (χ0n) is 23.5. The van der Waals surface area contributed by atoms with Gasteiger partial charge in [-0.2, -0.15) is 0 Å². The van der Waals surface area contributed by atoms with Gasteiger partial charge in [-0.15, -0.1) is 0 Å². The van der Waals surface area contributed by atoms with Crippen molar-refractivity contribution < 1.29 is 23.8 Å². The van der Waals surface area contributed by atoms with E-state index in [1.54, 1.807) is 35.5 Å². The van der Waals surface area contributed by atoms with Crippen LogP contribution in [0.4, 0.5) is 10.5 Å². The summed E-state index contributed by atoms with van der Waals surface area (Å²) in [6.45, 7) is 11.3. The lowest BCUT2D eigenvalue weighted by Crippen LogP contribution is -2.55. The van der Waals surface area contributed by atoms with Gasteiger partial charge in [-0.05, 0) is 70.0 Å². The smallest absolute Gasteiger partial charge is 0.410 e. The van der Waals surface area contributed by atoms with E-state index >= 15 is 0 Å². The average molecular weight is 587 g/mol. The number of amides is 1. The van der Waals surface area contributed by atoms with Crippen molar-refractivity contribution in [2.24, 2.45) is 0 Å². The maximum atomic E-state index is 12.6. The number of pyridine rings is 1. The first-order valence-electron chi connectivity index (χ1n) is 12.9. The number of hydrogen-bond donors (Lipinski definition) is 0. The number of carbonyl (C=O) groups excluding carboxylic acids is 2. The Kier molecular flexibility index (Phi) is 8.80. The van der Waals surface area contributed by atoms with Crippen molar-refractivity contribution in [2.45, 2.75) is 46.3 Å². The van der Waals surface area contributed by atoms with Crippen molar-refractivity contribution in [3.05, 3.63) is 70.0 Å². The molecule has 0 N–H and O–H groups in total. The maximum absolute atomic E-state index is 12.6. The van der Waals surface area contributed by atoms with Crippen molar-refractivity contribution >= 4 is 41.0 Å². The monoisotopic (exact) mass is 585 g/mol. The van der Waals surface area contributed by atoms with Crippen LogP contribution in [0.5, 0.6) is 11.5 Å². The molecule has 1 aliphatic rings. The second-order valence-corrected chi connectivity index (χ2v) is 11.5. The van der Waals surface area contributed by atoms with Gasteiger partial charge in [-0.1, -0.05) is 35.3 Å². The number of ether oxygens (including phenoxy) is 3. The summed E-state index contributed by atoms with van der Waals surface area (Å²) < 4.78 is 16.7. The predicted molar refractivity (Wildman–Crippen MR) is 157 cm³/mol. The number of anilines is 1. The summed E-state index contributed by atoms with van der Waals surface area (Å²) >= 11 is 13.1. The van der Waals surface area contributed by atoms with Gasteiger partial charge in [-0.25, -0.2) is 9.59 Å². The highest BCUT2D eigenvalue weighted by Gasteiger charge is 2.31. The zero-order chi connectivity index (χ0) is 29.2. The second kappa shape index (κ2) is 11.9. The Balaban J connectivity index is 1.60. The summed E-state index contributed by atoms with van der Waals surface area (Å²) in [6.07, 6.45) is 3.02. The number of piperazine rings is 1. The van der Waals surface area contributed by atoms with Gasteiger partial charge in [-0.3, -0.25) is 4.98 Å². The molecule has 0 unspecified atom stereocenters. The second-order valence-electron chi connectivity index (χ2n) is 10.7. The van der Waals surface area contributed by atoms with Crippen LogP contribution in [0.2, 0.25) is 10.0 Å². The van der Waals surface area contributed by atoms with Crippen LogP contribution in [0.15, 0.2) is 48.8 Å². The SMILES string of the molecule is COC(=O)c1c(Cl)cccc1Oc1cncc(C)c1-c1ccc(N2CCN(C(=O)OC(C)(C)C)[C@@H](C)C2)c(Cl)c1. The minimum Gasteiger partial charge on any atom is -0.465 e. The van der Waals surface area contributed by atoms with E-state index in [9.17, 15) is 9.59 Å². The maximum Gasteiger partial charge on any atom is 0.410 e. The van der Waals surface area contributed by atoms with E-state index in [0.717, 1.165) is 22.4 Å². The Morgan fingerprint density at radius 2 is 1.77 bits per heavy atom. The molecule has 0 aliphatic carbocycles. The van der Waals surface area contributed by atoms with Gasteiger partial charge in [0.1, 0.15) is 16.9 Å². The highest BCUT2D eigenvalue weighted by Crippen LogP contribution is 2.40. The van der Waals surface area contributed by atoms with Gasteiger partial charge >= 0.3 is 12.1 Å². The molecule has 40 heavy (non-hydrogen) atoms. The van der Waals surface area contributed by atoms with Gasteiger partial charge in [0.25, 0.3) is 0 Å². The summed E-state index contributed by atoms with van der Waals surface area (Å²) in [5.74, 6) is 0.0968. The molecule has 3 aromatic rings. The van der Waals surface area contributed by atoms with Crippen molar-refractivity contribution in [2.75, 3.05) is 31.6 Å². The van der Waals surface area contributed by atoms with E-state index < -0.39 is 11.6 Å². The molecule has 2 aromatic carbocycles. The number of carbonyl (C=O) groups is 2. The molecular weight excluding hydrogens is 553 g/mol. The first kappa shape index (κ1) is 29.5. The highest BCUT2D eigenvalue weighted by molar-refractivity contribution is 6.34. The van der Waals surface area contributed by atoms with Gasteiger partial charge < -0.3 is 24.0 Å². The van der Waals surface area contributed by atoms with Crippen LogP contribution in [-0.2, 0) is 9.47 Å². The summed E-state index contributed by atoms with van der Waals surface area (Å²) in [5.41, 5.74) is 2.93. The standard InChI is InChI=1S/C30H33Cl2N3O5/c1-18-15-33-16-25(39-24-9-7-8-21(31)27(24)28(36)38-6)26(18)20-10-11-23(22(32)14-20)34-12-13-35(19(2)17-34)29(37)40-30(3,4)5/h7-11,14-16,19H,12-13,17H2,1-6H3/t19-/m0/s1. The van der Waals surface area contributed by atoms with Gasteiger partial charge in [0.15, 0.2) is 5.75 Å². The van der Waals surface area contributed by atoms with Gasteiger partial charge in [0.2, 0.25) is 0 Å². The Hall–Kier alpha value is -3.49. The fourth-order valence-electron chi connectivity index (χ4n) is 4.68. The normalized spacial score (nSPS) is 15.6. The fraction of sp³-hybridized carbons (Fsp3) is 0.367. The minimum atomic E-state index is -0.601. The number of rotatable bonds is 5. The molecular formula is C30H33Cl2N3O5. The molecule has 212 valence electrons. The minimum absolute atomic E-state index is 0.0523. The number of hydrogen-bond acceptors (Lipinski definition) is 7. The Labute approximate surface area is 244 Å². The van der Waals surface area contributed by atoms with Crippen LogP contribution in [0, 0.1) is 6.92 Å². The molecule has 10 heteroatoms. The quantitative estimate of drug-likeness (QED) is 0.289. The van der Waals surface area contributed by atoms with Crippen molar-refractivity contribution in [1.29, 1.82) is 0 Å². The first-order valence-corrected chi connectivity index (χ1v) is 13.7. The van der Waals surface area contributed by atoms with Crippen LogP contribution in [-0.4, -0.2) is 60.3 Å². The molecule has 0 saturated carbocycles. The molecule has 2 heterocycles. The number of aromatic nitrogens is 1. The molecule has 0 spiro atoms. The van der Waals surface area contributed by atoms with E-state index in [0.29, 0.717) is 30.4 Å². The summed E-state index contributed by atoms with van der Waals surface area (Å²) in [4.78, 5) is 33.2. The van der Waals surface area contributed by atoms with E-state index in [1.807, 2.05) is 52.8 Å². The third-order valence-electron chi connectivity index (χ3n) is 6.52. The average Bonchev–Trinajstić information content (AvgIpc) is 2.87. The number of benzene rings is 2. The van der Waals surface area contributed by atoms with Crippen LogP contribution in [0.3, 0.4) is 0 Å². The van der Waals surface area contributed by atoms with Gasteiger partial charge in [0.05, 0.1) is 29.0 Å². The molecule has 1 aliphatic heterocycles. The Morgan fingerprint density at radius 1 is 1.02 bits per heavy atom. The van der Waals surface area contributed by atoms with E-state index in [2.05, 4.69) is 9.88 Å². The first-order chi connectivity index (χ1) is 18.9. The molecule has 1 atom stereocenters. The summed E-state index contributed by atoms with van der Waals surface area (Å²) in [7, 11) is 1.29. The van der Waals surface area contributed by atoms with Crippen molar-refractivity contribution in [1.82, 2.24) is 9.88 Å². The van der Waals surface area contributed by atoms with Crippen LogP contribution < -0.4 is 9.64 Å². The largest absolute Gasteiger partial charge is 0.465 e. The topological polar surface area (TPSA) is 81.2 Å². The third kappa shape index (κ3) is 6.45. The highest BCUT2D eigenvalue weighted by atomic mass is 35.5. The van der Waals surface area contributed by atoms with Crippen LogP contribution in [0.1, 0.15) is 43.6 Å². The molecule has 1 saturated heterocycles. The van der Waals surface area contributed by atoms with Crippen molar-refractivity contribution in [3.8, 4) is 22.6 Å². The number of methoxy groups -OCH3 is 1. The molecule has 1 fully saturated rings. The van der Waals surface area contributed by atoms with Gasteiger partial charge in [0, 0.05) is 37.4 Å². The molecule has 4 rings (SSSR count). The molecule has 0 bridgehead atoms. The lowest BCUT2D eigenvalue weighted by molar-refractivity contribution is 0.0159.